The Bertz CT molecular complexity index is 1070. The number of amides is 1. The van der Waals surface area contributed by atoms with Gasteiger partial charge in [0, 0.05) is 30.6 Å². The maximum atomic E-state index is 12.7. The van der Waals surface area contributed by atoms with Crippen molar-refractivity contribution in [1.29, 1.82) is 0 Å². The van der Waals surface area contributed by atoms with E-state index in [9.17, 15) is 18.0 Å². The van der Waals surface area contributed by atoms with Gasteiger partial charge in [-0.05, 0) is 25.6 Å². The Kier molecular flexibility index (Phi) is 5.33. The third-order valence-corrected chi connectivity index (χ3v) is 6.02. The second kappa shape index (κ2) is 7.80. The Morgan fingerprint density at radius 2 is 2.10 bits per heavy atom. The molecular formula is C19H19F3N6OS. The number of thiazole rings is 1. The Labute approximate surface area is 174 Å². The van der Waals surface area contributed by atoms with E-state index in [4.69, 9.17) is 0 Å². The summed E-state index contributed by atoms with van der Waals surface area (Å²) in [5.74, 6) is -0.173. The number of carbonyl (C=O) groups excluding carboxylic acids is 1. The molecule has 0 saturated carbocycles. The SMILES string of the molecule is CCN1CCc2nc(NC(=O)c3cnn(-c4ccc(C(F)(F)F)cn4)c3C)sc2C1. The number of fused-ring (bicyclic) bond motifs is 1. The number of hydrogen-bond acceptors (Lipinski definition) is 6. The third kappa shape index (κ3) is 3.94. The summed E-state index contributed by atoms with van der Waals surface area (Å²) in [6, 6.07) is 2.15. The fraction of sp³-hybridized carbons (Fsp3) is 0.368. The van der Waals surface area contributed by atoms with E-state index in [1.54, 1.807) is 6.92 Å². The van der Waals surface area contributed by atoms with Gasteiger partial charge in [-0.2, -0.15) is 18.3 Å². The molecule has 1 N–H and O–H groups in total. The van der Waals surface area contributed by atoms with Gasteiger partial charge >= 0.3 is 6.18 Å². The summed E-state index contributed by atoms with van der Waals surface area (Å²) < 4.78 is 39.5. The number of aromatic nitrogens is 4. The predicted octanol–water partition coefficient (Wildman–Crippen LogP) is 3.68. The van der Waals surface area contributed by atoms with E-state index in [2.05, 4.69) is 32.2 Å². The maximum absolute atomic E-state index is 12.7. The monoisotopic (exact) mass is 436 g/mol. The highest BCUT2D eigenvalue weighted by molar-refractivity contribution is 7.15. The van der Waals surface area contributed by atoms with Crippen molar-refractivity contribution in [2.24, 2.45) is 0 Å². The number of nitrogens with zero attached hydrogens (tertiary/aromatic N) is 5. The lowest BCUT2D eigenvalue weighted by atomic mass is 10.2. The molecule has 0 radical (unpaired) electrons. The smallest absolute Gasteiger partial charge is 0.298 e. The molecule has 4 rings (SSSR count). The van der Waals surface area contributed by atoms with Gasteiger partial charge < -0.3 is 0 Å². The van der Waals surface area contributed by atoms with Crippen molar-refractivity contribution < 1.29 is 18.0 Å². The quantitative estimate of drug-likeness (QED) is 0.675. The number of anilines is 1. The van der Waals surface area contributed by atoms with Crippen LogP contribution in [-0.2, 0) is 19.1 Å². The van der Waals surface area contributed by atoms with Gasteiger partial charge in [-0.3, -0.25) is 15.0 Å². The molecule has 158 valence electrons. The molecule has 1 aliphatic heterocycles. The van der Waals surface area contributed by atoms with Gasteiger partial charge in [0.1, 0.15) is 0 Å². The van der Waals surface area contributed by atoms with Crippen LogP contribution in [0.3, 0.4) is 0 Å². The standard InChI is InChI=1S/C19H19F3N6OS/c1-3-27-7-6-14-15(10-27)30-18(25-14)26-17(29)13-9-24-28(11(13)2)16-5-4-12(8-23-16)19(20,21)22/h4-5,8-9H,3,6-7,10H2,1-2H3,(H,25,26,29). The number of alkyl halides is 3. The summed E-state index contributed by atoms with van der Waals surface area (Å²) in [5, 5.41) is 7.46. The molecule has 1 aliphatic rings. The fourth-order valence-corrected chi connectivity index (χ4v) is 4.32. The van der Waals surface area contributed by atoms with Crippen molar-refractivity contribution >= 4 is 22.4 Å². The topological polar surface area (TPSA) is 75.9 Å². The first-order valence-electron chi connectivity index (χ1n) is 9.36. The molecule has 30 heavy (non-hydrogen) atoms. The molecule has 11 heteroatoms. The van der Waals surface area contributed by atoms with Gasteiger partial charge in [0.05, 0.1) is 28.7 Å². The molecule has 0 bridgehead atoms. The molecule has 0 spiro atoms. The highest BCUT2D eigenvalue weighted by Gasteiger charge is 2.31. The van der Waals surface area contributed by atoms with E-state index in [1.807, 2.05) is 0 Å². The van der Waals surface area contributed by atoms with Gasteiger partial charge in [0.15, 0.2) is 10.9 Å². The minimum atomic E-state index is -4.46. The number of rotatable bonds is 4. The predicted molar refractivity (Wildman–Crippen MR) is 106 cm³/mol. The molecule has 0 fully saturated rings. The van der Waals surface area contributed by atoms with Crippen molar-refractivity contribution in [2.75, 3.05) is 18.4 Å². The minimum Gasteiger partial charge on any atom is -0.298 e. The number of carbonyl (C=O) groups is 1. The first kappa shape index (κ1) is 20.5. The van der Waals surface area contributed by atoms with Crippen molar-refractivity contribution in [2.45, 2.75) is 33.0 Å². The van der Waals surface area contributed by atoms with Crippen LogP contribution < -0.4 is 5.32 Å². The van der Waals surface area contributed by atoms with E-state index in [1.165, 1.54) is 28.3 Å². The zero-order valence-corrected chi connectivity index (χ0v) is 17.1. The molecule has 0 unspecified atom stereocenters. The highest BCUT2D eigenvalue weighted by atomic mass is 32.1. The van der Waals surface area contributed by atoms with Crippen LogP contribution in [0.1, 0.15) is 39.1 Å². The van der Waals surface area contributed by atoms with Gasteiger partial charge in [0.2, 0.25) is 0 Å². The number of hydrogen-bond donors (Lipinski definition) is 1. The molecule has 0 saturated heterocycles. The van der Waals surface area contributed by atoms with Crippen LogP contribution >= 0.6 is 11.3 Å². The molecule has 3 aromatic heterocycles. The largest absolute Gasteiger partial charge is 0.417 e. The van der Waals surface area contributed by atoms with Crippen LogP contribution in [0.15, 0.2) is 24.5 Å². The zero-order valence-electron chi connectivity index (χ0n) is 16.3. The average molecular weight is 436 g/mol. The summed E-state index contributed by atoms with van der Waals surface area (Å²) in [6.45, 7) is 6.52. The lowest BCUT2D eigenvalue weighted by Gasteiger charge is -2.23. The van der Waals surface area contributed by atoms with Crippen LogP contribution in [0.2, 0.25) is 0 Å². The Hall–Kier alpha value is -2.79. The number of halogens is 3. The fourth-order valence-electron chi connectivity index (χ4n) is 3.28. The molecule has 3 aromatic rings. The second-order valence-corrected chi connectivity index (χ2v) is 8.00. The number of nitrogens with one attached hydrogen (secondary N) is 1. The Morgan fingerprint density at radius 1 is 1.30 bits per heavy atom. The molecular weight excluding hydrogens is 417 g/mol. The van der Waals surface area contributed by atoms with E-state index >= 15 is 0 Å². The average Bonchev–Trinajstić information content (AvgIpc) is 3.29. The normalized spacial score (nSPS) is 14.6. The number of pyridine rings is 1. The maximum Gasteiger partial charge on any atom is 0.417 e. The molecule has 0 aliphatic carbocycles. The van der Waals surface area contributed by atoms with E-state index in [-0.39, 0.29) is 11.7 Å². The first-order chi connectivity index (χ1) is 14.3. The van der Waals surface area contributed by atoms with Gasteiger partial charge in [-0.15, -0.1) is 11.3 Å². The van der Waals surface area contributed by atoms with Crippen LogP contribution in [0.4, 0.5) is 18.3 Å². The molecule has 0 aromatic carbocycles. The third-order valence-electron chi connectivity index (χ3n) is 5.02. The molecule has 4 heterocycles. The first-order valence-corrected chi connectivity index (χ1v) is 10.2. The summed E-state index contributed by atoms with van der Waals surface area (Å²) >= 11 is 1.46. The molecule has 7 nitrogen and oxygen atoms in total. The van der Waals surface area contributed by atoms with Crippen molar-refractivity contribution in [3.8, 4) is 5.82 Å². The summed E-state index contributed by atoms with van der Waals surface area (Å²) in [5.41, 5.74) is 0.947. The van der Waals surface area contributed by atoms with Gasteiger partial charge in [-0.1, -0.05) is 6.92 Å². The Balaban J connectivity index is 1.51. The summed E-state index contributed by atoms with van der Waals surface area (Å²) in [6.07, 6.45) is -1.49. The van der Waals surface area contributed by atoms with E-state index < -0.39 is 11.7 Å². The zero-order chi connectivity index (χ0) is 21.5. The van der Waals surface area contributed by atoms with Crippen molar-refractivity contribution in [1.82, 2.24) is 24.6 Å². The molecule has 1 amide bonds. The van der Waals surface area contributed by atoms with Crippen LogP contribution in [0.25, 0.3) is 5.82 Å². The van der Waals surface area contributed by atoms with Gasteiger partial charge in [0.25, 0.3) is 5.91 Å². The van der Waals surface area contributed by atoms with Gasteiger partial charge in [-0.25, -0.2) is 14.6 Å². The lowest BCUT2D eigenvalue weighted by Crippen LogP contribution is -2.29. The van der Waals surface area contributed by atoms with Crippen molar-refractivity contribution in [3.05, 3.63) is 51.9 Å². The highest BCUT2D eigenvalue weighted by Crippen LogP contribution is 2.30. The number of likely N-dealkylation sites (N-methyl/N-ethyl adjacent to an activating group) is 1. The van der Waals surface area contributed by atoms with Crippen LogP contribution in [0, 0.1) is 6.92 Å². The Morgan fingerprint density at radius 3 is 2.77 bits per heavy atom. The summed E-state index contributed by atoms with van der Waals surface area (Å²) in [7, 11) is 0. The van der Waals surface area contributed by atoms with Crippen LogP contribution in [-0.4, -0.2) is 43.6 Å². The lowest BCUT2D eigenvalue weighted by molar-refractivity contribution is -0.137. The van der Waals surface area contributed by atoms with Crippen LogP contribution in [0.5, 0.6) is 0 Å². The van der Waals surface area contributed by atoms with Crippen molar-refractivity contribution in [3.63, 3.8) is 0 Å². The molecule has 0 atom stereocenters. The van der Waals surface area contributed by atoms with E-state index in [0.717, 1.165) is 48.9 Å². The van der Waals surface area contributed by atoms with E-state index in [0.29, 0.717) is 16.4 Å². The second-order valence-electron chi connectivity index (χ2n) is 6.92. The summed E-state index contributed by atoms with van der Waals surface area (Å²) in [4.78, 5) is 24.5. The minimum absolute atomic E-state index is 0.198.